The lowest BCUT2D eigenvalue weighted by Crippen LogP contribution is -2.03. The Labute approximate surface area is 123 Å². The molecule has 3 rings (SSSR count). The molecular weight excluding hydrogens is 264 g/mol. The van der Waals surface area contributed by atoms with Crippen LogP contribution in [0.3, 0.4) is 0 Å². The minimum Gasteiger partial charge on any atom is -0.481 e. The third-order valence-electron chi connectivity index (χ3n) is 3.58. The van der Waals surface area contributed by atoms with Crippen LogP contribution in [0, 0.1) is 6.92 Å². The fourth-order valence-corrected chi connectivity index (χ4v) is 2.58. The number of aromatic nitrogens is 3. The van der Waals surface area contributed by atoms with E-state index in [2.05, 4.69) is 27.5 Å². The number of rotatable bonds is 4. The highest BCUT2D eigenvalue weighted by Crippen LogP contribution is 2.25. The van der Waals surface area contributed by atoms with Gasteiger partial charge in [-0.2, -0.15) is 5.10 Å². The predicted molar refractivity (Wildman–Crippen MR) is 83.6 cm³/mol. The first-order valence-electron chi connectivity index (χ1n) is 6.85. The van der Waals surface area contributed by atoms with Crippen molar-refractivity contribution in [1.29, 1.82) is 0 Å². The van der Waals surface area contributed by atoms with E-state index in [0.717, 1.165) is 33.7 Å². The average molecular weight is 282 g/mol. The maximum atomic E-state index is 5.42. The number of aryl methyl sites for hydroxylation is 2. The highest BCUT2D eigenvalue weighted by molar-refractivity contribution is 5.91. The Morgan fingerprint density at radius 2 is 2.10 bits per heavy atom. The van der Waals surface area contributed by atoms with Crippen molar-refractivity contribution in [2.24, 2.45) is 7.05 Å². The highest BCUT2D eigenvalue weighted by Gasteiger charge is 2.13. The predicted octanol–water partition coefficient (Wildman–Crippen LogP) is 2.90. The molecule has 0 aliphatic heterocycles. The summed E-state index contributed by atoms with van der Waals surface area (Å²) in [6.07, 6.45) is 1.81. The van der Waals surface area contributed by atoms with E-state index in [1.54, 1.807) is 18.0 Å². The van der Waals surface area contributed by atoms with Crippen molar-refractivity contribution in [2.75, 3.05) is 12.4 Å². The number of nitrogens with zero attached hydrogens (tertiary/aromatic N) is 3. The molecule has 2 heterocycles. The first kappa shape index (κ1) is 13.4. The fourth-order valence-electron chi connectivity index (χ4n) is 2.58. The number of ether oxygens (including phenoxy) is 1. The number of anilines is 1. The Morgan fingerprint density at radius 1 is 1.24 bits per heavy atom. The van der Waals surface area contributed by atoms with Crippen LogP contribution in [-0.2, 0) is 13.6 Å². The largest absolute Gasteiger partial charge is 0.481 e. The van der Waals surface area contributed by atoms with Gasteiger partial charge in [0.2, 0.25) is 5.88 Å². The van der Waals surface area contributed by atoms with Crippen LogP contribution in [0.5, 0.6) is 5.88 Å². The van der Waals surface area contributed by atoms with Gasteiger partial charge < -0.3 is 10.1 Å². The van der Waals surface area contributed by atoms with Gasteiger partial charge in [-0.3, -0.25) is 4.98 Å². The second-order valence-electron chi connectivity index (χ2n) is 4.93. The summed E-state index contributed by atoms with van der Waals surface area (Å²) >= 11 is 0. The van der Waals surface area contributed by atoms with Crippen LogP contribution in [0.4, 0.5) is 5.69 Å². The standard InChI is InChI=1S/C16H18N4O/c1-11-13(16(21-3)20(2)19-11)10-18-15-8-4-7-14-12(15)6-5-9-17-14/h4-9,18H,10H2,1-3H3. The molecule has 0 aliphatic rings. The highest BCUT2D eigenvalue weighted by atomic mass is 16.5. The molecule has 21 heavy (non-hydrogen) atoms. The zero-order valence-electron chi connectivity index (χ0n) is 12.4. The van der Waals surface area contributed by atoms with Crippen LogP contribution < -0.4 is 10.1 Å². The van der Waals surface area contributed by atoms with Crippen LogP contribution >= 0.6 is 0 Å². The van der Waals surface area contributed by atoms with Crippen molar-refractivity contribution in [3.63, 3.8) is 0 Å². The lowest BCUT2D eigenvalue weighted by Gasteiger charge is -2.10. The van der Waals surface area contributed by atoms with Gasteiger partial charge in [-0.15, -0.1) is 0 Å². The summed E-state index contributed by atoms with van der Waals surface area (Å²) in [5.74, 6) is 0.790. The Hall–Kier alpha value is -2.56. The van der Waals surface area contributed by atoms with Gasteiger partial charge in [0.1, 0.15) is 0 Å². The number of fused-ring (bicyclic) bond motifs is 1. The van der Waals surface area contributed by atoms with Crippen LogP contribution in [-0.4, -0.2) is 21.9 Å². The molecule has 0 unspecified atom stereocenters. The lowest BCUT2D eigenvalue weighted by molar-refractivity contribution is 0.370. The Kier molecular flexibility index (Phi) is 3.48. The van der Waals surface area contributed by atoms with Crippen LogP contribution in [0.1, 0.15) is 11.3 Å². The van der Waals surface area contributed by atoms with Gasteiger partial charge in [0.15, 0.2) is 0 Å². The molecule has 0 spiro atoms. The van der Waals surface area contributed by atoms with Crippen molar-refractivity contribution < 1.29 is 4.74 Å². The minimum atomic E-state index is 0.664. The molecule has 2 aromatic heterocycles. The summed E-state index contributed by atoms with van der Waals surface area (Å²) < 4.78 is 7.18. The zero-order chi connectivity index (χ0) is 14.8. The number of nitrogens with one attached hydrogen (secondary N) is 1. The minimum absolute atomic E-state index is 0.664. The molecule has 0 radical (unpaired) electrons. The second-order valence-corrected chi connectivity index (χ2v) is 4.93. The van der Waals surface area contributed by atoms with Crippen LogP contribution in [0.2, 0.25) is 0 Å². The number of methoxy groups -OCH3 is 1. The molecule has 108 valence electrons. The van der Waals surface area contributed by atoms with Gasteiger partial charge >= 0.3 is 0 Å². The van der Waals surface area contributed by atoms with Crippen molar-refractivity contribution in [3.8, 4) is 5.88 Å². The van der Waals surface area contributed by atoms with E-state index in [-0.39, 0.29) is 0 Å². The quantitative estimate of drug-likeness (QED) is 0.799. The maximum absolute atomic E-state index is 5.42. The van der Waals surface area contributed by atoms with Gasteiger partial charge in [-0.1, -0.05) is 6.07 Å². The molecule has 0 fully saturated rings. The summed E-state index contributed by atoms with van der Waals surface area (Å²) in [4.78, 5) is 4.37. The number of benzene rings is 1. The Morgan fingerprint density at radius 3 is 2.90 bits per heavy atom. The first-order valence-corrected chi connectivity index (χ1v) is 6.85. The molecule has 0 saturated heterocycles. The van der Waals surface area contributed by atoms with E-state index in [0.29, 0.717) is 6.54 Å². The number of pyridine rings is 1. The first-order chi connectivity index (χ1) is 10.2. The van der Waals surface area contributed by atoms with E-state index >= 15 is 0 Å². The lowest BCUT2D eigenvalue weighted by atomic mass is 10.1. The van der Waals surface area contributed by atoms with E-state index in [1.165, 1.54) is 0 Å². The number of hydrogen-bond acceptors (Lipinski definition) is 4. The van der Waals surface area contributed by atoms with Gasteiger partial charge in [0.25, 0.3) is 0 Å². The third kappa shape index (κ3) is 2.42. The summed E-state index contributed by atoms with van der Waals surface area (Å²) in [7, 11) is 3.55. The zero-order valence-corrected chi connectivity index (χ0v) is 12.4. The molecule has 0 aliphatic carbocycles. The molecule has 0 amide bonds. The van der Waals surface area contributed by atoms with Crippen molar-refractivity contribution in [2.45, 2.75) is 13.5 Å². The van der Waals surface area contributed by atoms with Gasteiger partial charge in [0, 0.05) is 30.9 Å². The Balaban J connectivity index is 1.91. The summed E-state index contributed by atoms with van der Waals surface area (Å²) in [5, 5.41) is 8.97. The molecule has 0 saturated carbocycles. The SMILES string of the molecule is COc1c(CNc2cccc3ncccc23)c(C)nn1C. The molecule has 3 aromatic rings. The summed E-state index contributed by atoms with van der Waals surface area (Å²) in [6.45, 7) is 2.65. The van der Waals surface area contributed by atoms with Crippen molar-refractivity contribution in [3.05, 3.63) is 47.8 Å². The van der Waals surface area contributed by atoms with Crippen molar-refractivity contribution >= 4 is 16.6 Å². The van der Waals surface area contributed by atoms with Gasteiger partial charge in [-0.25, -0.2) is 4.68 Å². The topological polar surface area (TPSA) is 52.0 Å². The maximum Gasteiger partial charge on any atom is 0.216 e. The van der Waals surface area contributed by atoms with E-state index in [1.807, 2.05) is 32.2 Å². The van der Waals surface area contributed by atoms with E-state index in [9.17, 15) is 0 Å². The van der Waals surface area contributed by atoms with Gasteiger partial charge in [0.05, 0.1) is 23.9 Å². The molecular formula is C16H18N4O. The van der Waals surface area contributed by atoms with E-state index in [4.69, 9.17) is 4.74 Å². The molecule has 5 nitrogen and oxygen atoms in total. The third-order valence-corrected chi connectivity index (χ3v) is 3.58. The normalized spacial score (nSPS) is 10.8. The van der Waals surface area contributed by atoms with Crippen LogP contribution in [0.25, 0.3) is 10.9 Å². The van der Waals surface area contributed by atoms with Gasteiger partial charge in [-0.05, 0) is 31.2 Å². The fraction of sp³-hybridized carbons (Fsp3) is 0.250. The molecule has 1 N–H and O–H groups in total. The van der Waals surface area contributed by atoms with Crippen molar-refractivity contribution in [1.82, 2.24) is 14.8 Å². The molecule has 0 atom stereocenters. The molecule has 5 heteroatoms. The smallest absolute Gasteiger partial charge is 0.216 e. The number of hydrogen-bond donors (Lipinski definition) is 1. The average Bonchev–Trinajstić information content (AvgIpc) is 2.78. The van der Waals surface area contributed by atoms with Crippen LogP contribution in [0.15, 0.2) is 36.5 Å². The summed E-state index contributed by atoms with van der Waals surface area (Å²) in [6, 6.07) is 10.1. The summed E-state index contributed by atoms with van der Waals surface area (Å²) in [5.41, 5.74) is 4.09. The van der Waals surface area contributed by atoms with E-state index < -0.39 is 0 Å². The monoisotopic (exact) mass is 282 g/mol. The molecule has 0 bridgehead atoms. The Bertz CT molecular complexity index is 774. The molecule has 1 aromatic carbocycles. The second kappa shape index (κ2) is 5.44.